The normalized spacial score (nSPS) is 12.4. The lowest BCUT2D eigenvalue weighted by molar-refractivity contribution is 0.901. The lowest BCUT2D eigenvalue weighted by Gasteiger charge is -2.14. The first-order valence-corrected chi connectivity index (χ1v) is 6.29. The van der Waals surface area contributed by atoms with Crippen molar-refractivity contribution in [3.63, 3.8) is 0 Å². The first kappa shape index (κ1) is 11.4. The Morgan fingerprint density at radius 3 is 2.81 bits per heavy atom. The standard InChI is InChI=1S/C12H13ClN2S/c1-8-10(4-3-7-14-8)15-9(2)11-5-6-12(13)16-11/h3-7,9,15H,1-2H3. The molecule has 1 atom stereocenters. The lowest BCUT2D eigenvalue weighted by Crippen LogP contribution is -2.06. The van der Waals surface area contributed by atoms with Gasteiger partial charge in [-0.2, -0.15) is 0 Å². The number of nitrogens with zero attached hydrogens (tertiary/aromatic N) is 1. The van der Waals surface area contributed by atoms with Crippen LogP contribution in [0.3, 0.4) is 0 Å². The molecule has 0 bridgehead atoms. The van der Waals surface area contributed by atoms with Crippen LogP contribution in [0.1, 0.15) is 23.5 Å². The van der Waals surface area contributed by atoms with Gasteiger partial charge in [0.15, 0.2) is 0 Å². The van der Waals surface area contributed by atoms with Crippen molar-refractivity contribution < 1.29 is 0 Å². The van der Waals surface area contributed by atoms with Crippen molar-refractivity contribution in [3.8, 4) is 0 Å². The molecular weight excluding hydrogens is 240 g/mol. The molecule has 1 N–H and O–H groups in total. The van der Waals surface area contributed by atoms with E-state index in [1.165, 1.54) is 4.88 Å². The lowest BCUT2D eigenvalue weighted by atomic mass is 10.2. The van der Waals surface area contributed by atoms with Crippen LogP contribution < -0.4 is 5.32 Å². The molecule has 2 rings (SSSR count). The highest BCUT2D eigenvalue weighted by Gasteiger charge is 2.09. The van der Waals surface area contributed by atoms with Crippen LogP contribution >= 0.6 is 22.9 Å². The molecule has 2 heterocycles. The van der Waals surface area contributed by atoms with Crippen molar-refractivity contribution in [1.29, 1.82) is 0 Å². The third-order valence-electron chi connectivity index (χ3n) is 2.40. The summed E-state index contributed by atoms with van der Waals surface area (Å²) >= 11 is 7.52. The predicted octanol–water partition coefficient (Wildman–Crippen LogP) is 4.28. The van der Waals surface area contributed by atoms with E-state index < -0.39 is 0 Å². The molecule has 2 nitrogen and oxygen atoms in total. The van der Waals surface area contributed by atoms with Gasteiger partial charge in [-0.05, 0) is 38.1 Å². The van der Waals surface area contributed by atoms with E-state index in [1.54, 1.807) is 17.5 Å². The van der Waals surface area contributed by atoms with Gasteiger partial charge in [-0.15, -0.1) is 11.3 Å². The molecule has 0 saturated carbocycles. The van der Waals surface area contributed by atoms with Gasteiger partial charge in [0.05, 0.1) is 21.8 Å². The van der Waals surface area contributed by atoms with E-state index in [4.69, 9.17) is 11.6 Å². The summed E-state index contributed by atoms with van der Waals surface area (Å²) in [5.41, 5.74) is 2.08. The molecule has 4 heteroatoms. The fourth-order valence-electron chi connectivity index (χ4n) is 1.50. The third-order valence-corrected chi connectivity index (χ3v) is 3.81. The maximum atomic E-state index is 5.92. The van der Waals surface area contributed by atoms with Gasteiger partial charge in [-0.1, -0.05) is 11.6 Å². The molecule has 0 radical (unpaired) electrons. The van der Waals surface area contributed by atoms with E-state index in [0.29, 0.717) is 0 Å². The number of aryl methyl sites for hydroxylation is 1. The quantitative estimate of drug-likeness (QED) is 0.882. The van der Waals surface area contributed by atoms with Crippen molar-refractivity contribution >= 4 is 28.6 Å². The minimum atomic E-state index is 0.250. The van der Waals surface area contributed by atoms with E-state index in [9.17, 15) is 0 Å². The summed E-state index contributed by atoms with van der Waals surface area (Å²) in [6.45, 7) is 4.12. The highest BCUT2D eigenvalue weighted by molar-refractivity contribution is 7.16. The van der Waals surface area contributed by atoms with Crippen LogP contribution in [-0.2, 0) is 0 Å². The first-order valence-electron chi connectivity index (χ1n) is 5.10. The molecule has 0 aromatic carbocycles. The Morgan fingerprint density at radius 1 is 1.38 bits per heavy atom. The highest BCUT2D eigenvalue weighted by atomic mass is 35.5. The Balaban J connectivity index is 2.13. The fraction of sp³-hybridized carbons (Fsp3) is 0.250. The zero-order valence-corrected chi connectivity index (χ0v) is 10.8. The Labute approximate surface area is 104 Å². The summed E-state index contributed by atoms with van der Waals surface area (Å²) in [5.74, 6) is 0. The Bertz CT molecular complexity index is 481. The largest absolute Gasteiger partial charge is 0.376 e. The number of pyridine rings is 1. The maximum absolute atomic E-state index is 5.92. The SMILES string of the molecule is Cc1ncccc1NC(C)c1ccc(Cl)s1. The smallest absolute Gasteiger partial charge is 0.0932 e. The number of aromatic nitrogens is 1. The number of thiophene rings is 1. The van der Waals surface area contributed by atoms with Crippen molar-refractivity contribution in [3.05, 3.63) is 45.4 Å². The number of anilines is 1. The third kappa shape index (κ3) is 2.54. The average Bonchev–Trinajstić information content (AvgIpc) is 2.68. The molecule has 16 heavy (non-hydrogen) atoms. The van der Waals surface area contributed by atoms with Gasteiger partial charge in [0.1, 0.15) is 0 Å². The topological polar surface area (TPSA) is 24.9 Å². The number of rotatable bonds is 3. The summed E-state index contributed by atoms with van der Waals surface area (Å²) in [6.07, 6.45) is 1.80. The first-order chi connectivity index (χ1) is 7.66. The van der Waals surface area contributed by atoms with Crippen molar-refractivity contribution in [2.75, 3.05) is 5.32 Å². The van der Waals surface area contributed by atoms with Crippen LogP contribution in [-0.4, -0.2) is 4.98 Å². The second kappa shape index (κ2) is 4.85. The second-order valence-electron chi connectivity index (χ2n) is 3.64. The van der Waals surface area contributed by atoms with Crippen molar-refractivity contribution in [1.82, 2.24) is 4.98 Å². The van der Waals surface area contributed by atoms with E-state index in [-0.39, 0.29) is 6.04 Å². The molecule has 0 fully saturated rings. The molecule has 0 aliphatic heterocycles. The van der Waals surface area contributed by atoms with Crippen LogP contribution in [0.25, 0.3) is 0 Å². The van der Waals surface area contributed by atoms with E-state index in [1.807, 2.05) is 25.1 Å². The Kier molecular flexibility index (Phi) is 3.46. The molecule has 2 aromatic heterocycles. The molecule has 1 unspecified atom stereocenters. The summed E-state index contributed by atoms with van der Waals surface area (Å²) in [6, 6.07) is 8.20. The predicted molar refractivity (Wildman–Crippen MR) is 70.3 cm³/mol. The molecule has 84 valence electrons. The van der Waals surface area contributed by atoms with Gasteiger partial charge < -0.3 is 5.32 Å². The zero-order valence-electron chi connectivity index (χ0n) is 9.20. The zero-order chi connectivity index (χ0) is 11.5. The monoisotopic (exact) mass is 252 g/mol. The van der Waals surface area contributed by atoms with E-state index in [0.717, 1.165) is 15.7 Å². The van der Waals surface area contributed by atoms with Gasteiger partial charge >= 0.3 is 0 Å². The van der Waals surface area contributed by atoms with Crippen LogP contribution in [0, 0.1) is 6.92 Å². The molecule has 0 saturated heterocycles. The van der Waals surface area contributed by atoms with Gasteiger partial charge in [0.25, 0.3) is 0 Å². The van der Waals surface area contributed by atoms with Gasteiger partial charge in [-0.25, -0.2) is 0 Å². The number of hydrogen-bond acceptors (Lipinski definition) is 3. The average molecular weight is 253 g/mol. The van der Waals surface area contributed by atoms with E-state index in [2.05, 4.69) is 23.3 Å². The number of halogens is 1. The molecule has 2 aromatic rings. The van der Waals surface area contributed by atoms with Crippen LogP contribution in [0.4, 0.5) is 5.69 Å². The molecule has 0 aliphatic rings. The number of hydrogen-bond donors (Lipinski definition) is 1. The summed E-state index contributed by atoms with van der Waals surface area (Å²) < 4.78 is 0.826. The molecule has 0 aliphatic carbocycles. The maximum Gasteiger partial charge on any atom is 0.0932 e. The summed E-state index contributed by atoms with van der Waals surface area (Å²) in [5, 5.41) is 3.43. The minimum absolute atomic E-state index is 0.250. The van der Waals surface area contributed by atoms with Gasteiger partial charge in [0.2, 0.25) is 0 Å². The van der Waals surface area contributed by atoms with Gasteiger partial charge in [0, 0.05) is 11.1 Å². The summed E-state index contributed by atoms with van der Waals surface area (Å²) in [4.78, 5) is 5.48. The Hall–Kier alpha value is -1.06. The highest BCUT2D eigenvalue weighted by Crippen LogP contribution is 2.29. The Morgan fingerprint density at radius 2 is 2.19 bits per heavy atom. The van der Waals surface area contributed by atoms with Crippen molar-refractivity contribution in [2.45, 2.75) is 19.9 Å². The van der Waals surface area contributed by atoms with Crippen LogP contribution in [0.15, 0.2) is 30.5 Å². The minimum Gasteiger partial charge on any atom is -0.376 e. The second-order valence-corrected chi connectivity index (χ2v) is 5.39. The molecular formula is C12H13ClN2S. The van der Waals surface area contributed by atoms with Crippen LogP contribution in [0.2, 0.25) is 4.34 Å². The molecule has 0 amide bonds. The van der Waals surface area contributed by atoms with Crippen LogP contribution in [0.5, 0.6) is 0 Å². The van der Waals surface area contributed by atoms with Gasteiger partial charge in [-0.3, -0.25) is 4.98 Å². The number of nitrogens with one attached hydrogen (secondary N) is 1. The van der Waals surface area contributed by atoms with Crippen molar-refractivity contribution in [2.24, 2.45) is 0 Å². The van der Waals surface area contributed by atoms with E-state index >= 15 is 0 Å². The molecule has 0 spiro atoms. The summed E-state index contributed by atoms with van der Waals surface area (Å²) in [7, 11) is 0. The fourth-order valence-corrected chi connectivity index (χ4v) is 2.57.